The third-order valence-electron chi connectivity index (χ3n) is 11.5. The molecular weight excluding hydrogens is 394 g/mol. The summed E-state index contributed by atoms with van der Waals surface area (Å²) in [5.74, 6) is 7.24. The van der Waals surface area contributed by atoms with Gasteiger partial charge in [-0.2, -0.15) is 5.26 Å². The van der Waals surface area contributed by atoms with Crippen LogP contribution in [0.15, 0.2) is 0 Å². The van der Waals surface area contributed by atoms with Gasteiger partial charge in [-0.1, -0.05) is 60.8 Å². The monoisotopic (exact) mass is 443 g/mol. The summed E-state index contributed by atoms with van der Waals surface area (Å²) in [5, 5.41) is 12.3. The number of thioether (sulfide) groups is 1. The maximum Gasteiger partial charge on any atom is 0.133 e. The molecule has 0 bridgehead atoms. The minimum Gasteiger partial charge on any atom is -0.185 e. The van der Waals surface area contributed by atoms with Crippen molar-refractivity contribution >= 4 is 11.8 Å². The van der Waals surface area contributed by atoms with Gasteiger partial charge < -0.3 is 0 Å². The van der Waals surface area contributed by atoms with Crippen molar-refractivity contribution in [2.75, 3.05) is 0 Å². The second-order valence-electron chi connectivity index (χ2n) is 13.2. The molecule has 4 fully saturated rings. The molecule has 31 heavy (non-hydrogen) atoms. The summed E-state index contributed by atoms with van der Waals surface area (Å²) in [6.45, 7) is 15.2. The second kappa shape index (κ2) is 9.24. The highest BCUT2D eigenvalue weighted by Gasteiger charge is 2.61. The maximum atomic E-state index is 9.28. The van der Waals surface area contributed by atoms with Crippen LogP contribution in [0.5, 0.6) is 0 Å². The first kappa shape index (κ1) is 24.0. The summed E-state index contributed by atoms with van der Waals surface area (Å²) in [6.07, 6.45) is 15.9. The van der Waals surface area contributed by atoms with Crippen molar-refractivity contribution in [3.8, 4) is 5.40 Å². The molecule has 0 saturated heterocycles. The lowest BCUT2D eigenvalue weighted by Crippen LogP contribution is -2.56. The van der Waals surface area contributed by atoms with Crippen molar-refractivity contribution in [1.29, 1.82) is 5.26 Å². The molecule has 0 aliphatic heterocycles. The van der Waals surface area contributed by atoms with Crippen molar-refractivity contribution in [2.24, 2.45) is 58.2 Å². The molecule has 176 valence electrons. The van der Waals surface area contributed by atoms with Crippen LogP contribution in [0.1, 0.15) is 112 Å². The van der Waals surface area contributed by atoms with Gasteiger partial charge in [0.25, 0.3) is 0 Å². The highest BCUT2D eigenvalue weighted by molar-refractivity contribution is 8.04. The summed E-state index contributed by atoms with van der Waals surface area (Å²) in [6, 6.07) is 0. The van der Waals surface area contributed by atoms with Crippen LogP contribution in [0.2, 0.25) is 0 Å². The Balaban J connectivity index is 1.47. The Bertz CT molecular complexity index is 666. The molecule has 0 N–H and O–H groups in total. The Morgan fingerprint density at radius 3 is 2.26 bits per heavy atom. The standard InChI is InChI=1S/C29H49NS/c1-19(2)8-7-9-20(3)23-12-13-25-22-10-11-24-21(4)27(31-18-30)15-17-29(24,6)26(22)14-16-28(23,25)5/h19-27H,7-17H2,1-6H3/t20-,21?,22+,23-,24?,25+,26+,27?,28-,29+/m1/s1. The molecule has 0 aromatic rings. The predicted octanol–water partition coefficient (Wildman–Crippen LogP) is 8.94. The number of nitriles is 1. The van der Waals surface area contributed by atoms with Gasteiger partial charge in [0.05, 0.1) is 0 Å². The molecule has 4 rings (SSSR count). The highest BCUT2D eigenvalue weighted by Crippen LogP contribution is 2.69. The minimum atomic E-state index is 0.539. The summed E-state index contributed by atoms with van der Waals surface area (Å²) in [4.78, 5) is 0. The first-order chi connectivity index (χ1) is 14.7. The van der Waals surface area contributed by atoms with Crippen LogP contribution >= 0.6 is 11.8 Å². The molecule has 4 saturated carbocycles. The van der Waals surface area contributed by atoms with E-state index in [0.717, 1.165) is 47.3 Å². The lowest BCUT2D eigenvalue weighted by Gasteiger charge is -2.62. The Hall–Kier alpha value is -0.160. The molecule has 1 nitrogen and oxygen atoms in total. The van der Waals surface area contributed by atoms with Gasteiger partial charge >= 0.3 is 0 Å². The fraction of sp³-hybridized carbons (Fsp3) is 0.966. The van der Waals surface area contributed by atoms with Gasteiger partial charge in [-0.3, -0.25) is 0 Å². The Kier molecular flexibility index (Phi) is 7.14. The van der Waals surface area contributed by atoms with Gasteiger partial charge in [0.1, 0.15) is 5.40 Å². The molecule has 0 aromatic heterocycles. The van der Waals surface area contributed by atoms with Crippen LogP contribution in [0.4, 0.5) is 0 Å². The molecule has 0 spiro atoms. The van der Waals surface area contributed by atoms with E-state index in [2.05, 4.69) is 46.9 Å². The molecule has 3 unspecified atom stereocenters. The second-order valence-corrected chi connectivity index (χ2v) is 14.3. The quantitative estimate of drug-likeness (QED) is 0.382. The van der Waals surface area contributed by atoms with Crippen molar-refractivity contribution in [3.63, 3.8) is 0 Å². The minimum absolute atomic E-state index is 0.539. The molecule has 0 aromatic carbocycles. The van der Waals surface area contributed by atoms with Gasteiger partial charge in [0.15, 0.2) is 0 Å². The summed E-state index contributed by atoms with van der Waals surface area (Å²) >= 11 is 1.58. The highest BCUT2D eigenvalue weighted by atomic mass is 32.2. The number of nitrogens with zero attached hydrogens (tertiary/aromatic N) is 1. The Morgan fingerprint density at radius 2 is 1.55 bits per heavy atom. The van der Waals surface area contributed by atoms with Crippen molar-refractivity contribution in [1.82, 2.24) is 0 Å². The third kappa shape index (κ3) is 4.13. The number of thiocyanates is 1. The normalized spacial score (nSPS) is 47.9. The van der Waals surface area contributed by atoms with Gasteiger partial charge in [-0.25, -0.2) is 0 Å². The molecular formula is C29H49NS. The van der Waals surface area contributed by atoms with Crippen molar-refractivity contribution in [3.05, 3.63) is 0 Å². The van der Waals surface area contributed by atoms with Crippen LogP contribution in [-0.4, -0.2) is 5.25 Å². The van der Waals surface area contributed by atoms with Crippen molar-refractivity contribution in [2.45, 2.75) is 117 Å². The average molecular weight is 444 g/mol. The number of hydrogen-bond donors (Lipinski definition) is 0. The zero-order valence-corrected chi connectivity index (χ0v) is 22.1. The number of hydrogen-bond acceptors (Lipinski definition) is 2. The number of rotatable bonds is 6. The predicted molar refractivity (Wildman–Crippen MR) is 135 cm³/mol. The zero-order valence-electron chi connectivity index (χ0n) is 21.3. The maximum absolute atomic E-state index is 9.28. The van der Waals surface area contributed by atoms with Crippen LogP contribution in [0.3, 0.4) is 0 Å². The fourth-order valence-electron chi connectivity index (χ4n) is 9.95. The molecule has 10 atom stereocenters. The molecule has 0 heterocycles. The summed E-state index contributed by atoms with van der Waals surface area (Å²) in [7, 11) is 0. The van der Waals surface area contributed by atoms with E-state index in [1.807, 2.05) is 0 Å². The summed E-state index contributed by atoms with van der Waals surface area (Å²) < 4.78 is 0. The first-order valence-electron chi connectivity index (χ1n) is 13.8. The molecule has 4 aliphatic carbocycles. The van der Waals surface area contributed by atoms with E-state index in [1.54, 1.807) is 11.8 Å². The Morgan fingerprint density at radius 1 is 0.871 bits per heavy atom. The Labute approximate surface area is 197 Å². The van der Waals surface area contributed by atoms with E-state index < -0.39 is 0 Å². The van der Waals surface area contributed by atoms with E-state index >= 15 is 0 Å². The van der Waals surface area contributed by atoms with Gasteiger partial charge in [0, 0.05) is 5.25 Å². The summed E-state index contributed by atoms with van der Waals surface area (Å²) in [5.41, 5.74) is 1.15. The average Bonchev–Trinajstić information content (AvgIpc) is 3.07. The fourth-order valence-corrected chi connectivity index (χ4v) is 10.7. The first-order valence-corrected chi connectivity index (χ1v) is 14.6. The molecule has 0 amide bonds. The van der Waals surface area contributed by atoms with Crippen LogP contribution in [0.25, 0.3) is 0 Å². The van der Waals surface area contributed by atoms with Gasteiger partial charge in [0.2, 0.25) is 0 Å². The smallest absolute Gasteiger partial charge is 0.133 e. The van der Waals surface area contributed by atoms with Crippen LogP contribution < -0.4 is 0 Å². The molecule has 0 radical (unpaired) electrons. The lowest BCUT2D eigenvalue weighted by atomic mass is 9.43. The van der Waals surface area contributed by atoms with Crippen molar-refractivity contribution < 1.29 is 0 Å². The van der Waals surface area contributed by atoms with Crippen LogP contribution in [0, 0.1) is 68.8 Å². The van der Waals surface area contributed by atoms with E-state index in [-0.39, 0.29) is 0 Å². The molecule has 4 aliphatic rings. The van der Waals surface area contributed by atoms with Crippen LogP contribution in [-0.2, 0) is 0 Å². The SMILES string of the molecule is CC(C)CCC[C@@H](C)[C@H]1CC[C@H]2[C@@H]3CCC4C(C)C(SC#N)CC[C@]4(C)[C@H]3CC[C@]12C. The lowest BCUT2D eigenvalue weighted by molar-refractivity contribution is -0.126. The zero-order chi connectivity index (χ0) is 22.4. The van der Waals surface area contributed by atoms with E-state index in [4.69, 9.17) is 0 Å². The van der Waals surface area contributed by atoms with E-state index in [1.165, 1.54) is 70.6 Å². The largest absolute Gasteiger partial charge is 0.185 e. The van der Waals surface area contributed by atoms with Gasteiger partial charge in [-0.15, -0.1) is 0 Å². The molecule has 2 heteroatoms. The number of fused-ring (bicyclic) bond motifs is 5. The third-order valence-corrected chi connectivity index (χ3v) is 12.6. The van der Waals surface area contributed by atoms with E-state index in [0.29, 0.717) is 16.1 Å². The topological polar surface area (TPSA) is 23.8 Å². The van der Waals surface area contributed by atoms with Gasteiger partial charge in [-0.05, 0) is 121 Å². The van der Waals surface area contributed by atoms with E-state index in [9.17, 15) is 5.26 Å².